The number of thiazole rings is 1. The lowest BCUT2D eigenvalue weighted by atomic mass is 9.93. The highest BCUT2D eigenvalue weighted by Gasteiger charge is 2.21. The zero-order valence-corrected chi connectivity index (χ0v) is 14.7. The van der Waals surface area contributed by atoms with Crippen LogP contribution in [0, 0.1) is 0 Å². The smallest absolute Gasteiger partial charge is 0.317 e. The van der Waals surface area contributed by atoms with Gasteiger partial charge in [-0.1, -0.05) is 20.8 Å². The van der Waals surface area contributed by atoms with Crippen LogP contribution in [0.15, 0.2) is 5.38 Å². The Bertz CT molecular complexity index is 454. The molecule has 1 N–H and O–H groups in total. The molecule has 0 bridgehead atoms. The summed E-state index contributed by atoms with van der Waals surface area (Å²) in [4.78, 5) is 18.4. The maximum absolute atomic E-state index is 12.1. The summed E-state index contributed by atoms with van der Waals surface area (Å²) in [5.41, 5.74) is 1.10. The second kappa shape index (κ2) is 7.75. The van der Waals surface area contributed by atoms with Crippen molar-refractivity contribution in [2.45, 2.75) is 45.6 Å². The Morgan fingerprint density at radius 2 is 2.19 bits per heavy atom. The van der Waals surface area contributed by atoms with Crippen LogP contribution in [0.3, 0.4) is 0 Å². The van der Waals surface area contributed by atoms with E-state index in [4.69, 9.17) is 4.74 Å². The number of hydrogen-bond acceptors (Lipinski definition) is 4. The van der Waals surface area contributed by atoms with Crippen molar-refractivity contribution in [3.8, 4) is 0 Å². The van der Waals surface area contributed by atoms with Gasteiger partial charge in [-0.2, -0.15) is 0 Å². The molecule has 1 aromatic rings. The monoisotopic (exact) mass is 313 g/mol. The van der Waals surface area contributed by atoms with Gasteiger partial charge in [0, 0.05) is 38.1 Å². The zero-order chi connectivity index (χ0) is 16.0. The minimum absolute atomic E-state index is 0.0371. The van der Waals surface area contributed by atoms with Crippen molar-refractivity contribution in [1.82, 2.24) is 15.2 Å². The van der Waals surface area contributed by atoms with Gasteiger partial charge in [0.25, 0.3) is 0 Å². The Balaban J connectivity index is 2.54. The molecular weight excluding hydrogens is 286 g/mol. The maximum Gasteiger partial charge on any atom is 0.317 e. The lowest BCUT2D eigenvalue weighted by Crippen LogP contribution is -2.39. The number of urea groups is 1. The predicted molar refractivity (Wildman–Crippen MR) is 86.9 cm³/mol. The van der Waals surface area contributed by atoms with E-state index in [2.05, 4.69) is 36.5 Å². The van der Waals surface area contributed by atoms with E-state index in [9.17, 15) is 4.79 Å². The number of carbonyl (C=O) groups is 1. The number of ether oxygens (including phenoxy) is 1. The normalized spacial score (nSPS) is 13.0. The first kappa shape index (κ1) is 17.9. The second-order valence-electron chi connectivity index (χ2n) is 6.26. The van der Waals surface area contributed by atoms with E-state index in [-0.39, 0.29) is 17.5 Å². The first-order chi connectivity index (χ1) is 9.75. The number of hydrogen-bond donors (Lipinski definition) is 1. The number of carbonyl (C=O) groups excluding carboxylic acids is 1. The Hall–Kier alpha value is -1.14. The van der Waals surface area contributed by atoms with Gasteiger partial charge >= 0.3 is 6.03 Å². The van der Waals surface area contributed by atoms with Crippen LogP contribution in [0.1, 0.15) is 50.9 Å². The van der Waals surface area contributed by atoms with Crippen LogP contribution in [0.2, 0.25) is 0 Å². The molecule has 1 aromatic heterocycles. The SMILES string of the molecule is COCCCN(C)C(=O)N[C@H](C)c1nc(C(C)(C)C)cs1. The average molecular weight is 313 g/mol. The summed E-state index contributed by atoms with van der Waals surface area (Å²) in [7, 11) is 3.46. The Kier molecular flexibility index (Phi) is 6.61. The number of rotatable bonds is 6. The van der Waals surface area contributed by atoms with Gasteiger partial charge in [-0.15, -0.1) is 11.3 Å². The topological polar surface area (TPSA) is 54.5 Å². The Morgan fingerprint density at radius 3 is 2.71 bits per heavy atom. The molecule has 120 valence electrons. The quantitative estimate of drug-likeness (QED) is 0.821. The lowest BCUT2D eigenvalue weighted by Gasteiger charge is -2.20. The highest BCUT2D eigenvalue weighted by molar-refractivity contribution is 7.09. The van der Waals surface area contributed by atoms with E-state index in [1.54, 1.807) is 30.4 Å². The first-order valence-electron chi connectivity index (χ1n) is 7.22. The molecular formula is C15H27N3O2S. The van der Waals surface area contributed by atoms with Crippen LogP contribution in [0.4, 0.5) is 4.79 Å². The third-order valence-electron chi connectivity index (χ3n) is 3.19. The summed E-state index contributed by atoms with van der Waals surface area (Å²) < 4.78 is 4.99. The molecule has 0 radical (unpaired) electrons. The fourth-order valence-electron chi connectivity index (χ4n) is 1.74. The van der Waals surface area contributed by atoms with Crippen LogP contribution in [0.25, 0.3) is 0 Å². The fourth-order valence-corrected chi connectivity index (χ4v) is 2.79. The van der Waals surface area contributed by atoms with Crippen LogP contribution in [-0.2, 0) is 10.2 Å². The number of nitrogens with one attached hydrogen (secondary N) is 1. The minimum Gasteiger partial charge on any atom is -0.385 e. The van der Waals surface area contributed by atoms with Gasteiger partial charge < -0.3 is 15.0 Å². The number of aromatic nitrogens is 1. The summed E-state index contributed by atoms with van der Waals surface area (Å²) in [5.74, 6) is 0. The fraction of sp³-hybridized carbons (Fsp3) is 0.733. The highest BCUT2D eigenvalue weighted by Crippen LogP contribution is 2.26. The van der Waals surface area contributed by atoms with Gasteiger partial charge in [0.2, 0.25) is 0 Å². The van der Waals surface area contributed by atoms with Gasteiger partial charge in [-0.25, -0.2) is 9.78 Å². The molecule has 0 spiro atoms. The van der Waals surface area contributed by atoms with Crippen molar-refractivity contribution in [2.24, 2.45) is 0 Å². The molecule has 0 fully saturated rings. The van der Waals surface area contributed by atoms with Crippen LogP contribution >= 0.6 is 11.3 Å². The van der Waals surface area contributed by atoms with E-state index in [1.165, 1.54) is 0 Å². The van der Waals surface area contributed by atoms with E-state index < -0.39 is 0 Å². The molecule has 0 aliphatic heterocycles. The summed E-state index contributed by atoms with van der Waals surface area (Å²) in [6, 6.07) is -0.158. The standard InChI is InChI=1S/C15H27N3O2S/c1-11(13-17-12(10-21-13)15(2,3)4)16-14(19)18(5)8-7-9-20-6/h10-11H,7-9H2,1-6H3,(H,16,19)/t11-/m1/s1. The molecule has 6 heteroatoms. The Morgan fingerprint density at radius 1 is 1.52 bits per heavy atom. The predicted octanol–water partition coefficient (Wildman–Crippen LogP) is 3.18. The van der Waals surface area contributed by atoms with Crippen molar-refractivity contribution < 1.29 is 9.53 Å². The van der Waals surface area contributed by atoms with E-state index >= 15 is 0 Å². The Labute approximate surface area is 131 Å². The molecule has 1 rings (SSSR count). The molecule has 1 heterocycles. The van der Waals surface area contributed by atoms with E-state index in [0.717, 1.165) is 17.1 Å². The molecule has 0 aliphatic rings. The van der Waals surface area contributed by atoms with Crippen molar-refractivity contribution in [1.29, 1.82) is 0 Å². The molecule has 0 aliphatic carbocycles. The number of nitrogens with zero attached hydrogens (tertiary/aromatic N) is 2. The summed E-state index contributed by atoms with van der Waals surface area (Å²) >= 11 is 1.60. The summed E-state index contributed by atoms with van der Waals surface area (Å²) in [6.07, 6.45) is 0.834. The molecule has 0 saturated heterocycles. The summed E-state index contributed by atoms with van der Waals surface area (Å²) in [5, 5.41) is 5.99. The average Bonchev–Trinajstić information content (AvgIpc) is 2.88. The van der Waals surface area contributed by atoms with Gasteiger partial charge in [-0.05, 0) is 13.3 Å². The third-order valence-corrected chi connectivity index (χ3v) is 4.22. The van der Waals surface area contributed by atoms with Gasteiger partial charge in [0.15, 0.2) is 0 Å². The zero-order valence-electron chi connectivity index (χ0n) is 13.9. The molecule has 21 heavy (non-hydrogen) atoms. The van der Waals surface area contributed by atoms with Crippen LogP contribution in [-0.4, -0.2) is 43.2 Å². The van der Waals surface area contributed by atoms with Gasteiger partial charge in [0.1, 0.15) is 5.01 Å². The third kappa shape index (κ3) is 5.63. The number of amides is 2. The van der Waals surface area contributed by atoms with Gasteiger partial charge in [-0.3, -0.25) is 0 Å². The number of methoxy groups -OCH3 is 1. The summed E-state index contributed by atoms with van der Waals surface area (Å²) in [6.45, 7) is 9.72. The van der Waals surface area contributed by atoms with Gasteiger partial charge in [0.05, 0.1) is 11.7 Å². The van der Waals surface area contributed by atoms with Crippen molar-refractivity contribution in [2.75, 3.05) is 27.3 Å². The second-order valence-corrected chi connectivity index (χ2v) is 7.15. The minimum atomic E-state index is -0.0801. The molecule has 1 atom stereocenters. The maximum atomic E-state index is 12.1. The van der Waals surface area contributed by atoms with E-state index in [0.29, 0.717) is 13.2 Å². The lowest BCUT2D eigenvalue weighted by molar-refractivity contribution is 0.174. The van der Waals surface area contributed by atoms with Crippen molar-refractivity contribution in [3.05, 3.63) is 16.1 Å². The van der Waals surface area contributed by atoms with Crippen molar-refractivity contribution >= 4 is 17.4 Å². The largest absolute Gasteiger partial charge is 0.385 e. The molecule has 0 aromatic carbocycles. The molecule has 2 amide bonds. The van der Waals surface area contributed by atoms with Crippen LogP contribution in [0.5, 0.6) is 0 Å². The molecule has 5 nitrogen and oxygen atoms in total. The molecule has 0 unspecified atom stereocenters. The first-order valence-corrected chi connectivity index (χ1v) is 8.10. The van der Waals surface area contributed by atoms with Crippen LogP contribution < -0.4 is 5.32 Å². The highest BCUT2D eigenvalue weighted by atomic mass is 32.1. The van der Waals surface area contributed by atoms with Crippen molar-refractivity contribution in [3.63, 3.8) is 0 Å². The van der Waals surface area contributed by atoms with E-state index in [1.807, 2.05) is 6.92 Å². The molecule has 0 saturated carbocycles.